The Morgan fingerprint density at radius 2 is 2.19 bits per heavy atom. The monoisotopic (exact) mass is 222 g/mol. The molecule has 0 unspecified atom stereocenters. The second-order valence-electron chi connectivity index (χ2n) is 4.42. The smallest absolute Gasteiger partial charge is 0.219 e. The van der Waals surface area contributed by atoms with Crippen LogP contribution in [-0.4, -0.2) is 16.1 Å². The molecule has 0 spiro atoms. The second kappa shape index (κ2) is 4.65. The molecule has 2 rings (SSSR count). The van der Waals surface area contributed by atoms with E-state index in [0.717, 1.165) is 18.7 Å². The van der Waals surface area contributed by atoms with Crippen LogP contribution in [-0.2, 0) is 0 Å². The Morgan fingerprint density at radius 3 is 2.69 bits per heavy atom. The van der Waals surface area contributed by atoms with Crippen molar-refractivity contribution in [3.63, 3.8) is 0 Å². The largest absolute Gasteiger partial charge is 0.474 e. The molecule has 0 aliphatic heterocycles. The zero-order chi connectivity index (χ0) is 11.5. The summed E-state index contributed by atoms with van der Waals surface area (Å²) < 4.78 is 5.74. The van der Waals surface area contributed by atoms with Crippen molar-refractivity contribution in [2.24, 2.45) is 5.84 Å². The number of nitrogens with two attached hydrogens (primary N) is 1. The van der Waals surface area contributed by atoms with Crippen molar-refractivity contribution in [3.05, 3.63) is 11.9 Å². The van der Waals surface area contributed by atoms with E-state index in [4.69, 9.17) is 10.6 Å². The van der Waals surface area contributed by atoms with Gasteiger partial charge in [-0.05, 0) is 19.3 Å². The normalized spacial score (nSPS) is 16.0. The molecule has 3 N–H and O–H groups in total. The van der Waals surface area contributed by atoms with Crippen LogP contribution in [0, 0.1) is 0 Å². The first-order valence-electron chi connectivity index (χ1n) is 5.71. The molecule has 1 fully saturated rings. The van der Waals surface area contributed by atoms with E-state index in [1.807, 2.05) is 13.8 Å². The summed E-state index contributed by atoms with van der Waals surface area (Å²) in [6, 6.07) is 1.74. The molecule has 1 aliphatic rings. The fourth-order valence-corrected chi connectivity index (χ4v) is 1.49. The number of anilines is 1. The Kier molecular flexibility index (Phi) is 3.24. The molecule has 88 valence electrons. The topological polar surface area (TPSA) is 73.1 Å². The van der Waals surface area contributed by atoms with Crippen LogP contribution in [0.15, 0.2) is 6.07 Å². The van der Waals surface area contributed by atoms with Crippen LogP contribution in [0.4, 0.5) is 5.82 Å². The maximum atomic E-state index is 5.74. The lowest BCUT2D eigenvalue weighted by molar-refractivity contribution is 0.114. The summed E-state index contributed by atoms with van der Waals surface area (Å²) in [6.45, 7) is 4.09. The quantitative estimate of drug-likeness (QED) is 0.600. The van der Waals surface area contributed by atoms with Gasteiger partial charge in [-0.15, -0.1) is 0 Å². The van der Waals surface area contributed by atoms with Crippen LogP contribution in [0.5, 0.6) is 5.88 Å². The van der Waals surface area contributed by atoms with Crippen molar-refractivity contribution in [3.8, 4) is 5.88 Å². The highest BCUT2D eigenvalue weighted by Crippen LogP contribution is 2.25. The average Bonchev–Trinajstić information content (AvgIpc) is 2.23. The summed E-state index contributed by atoms with van der Waals surface area (Å²) in [4.78, 5) is 8.65. The van der Waals surface area contributed by atoms with Gasteiger partial charge in [0.2, 0.25) is 5.88 Å². The maximum Gasteiger partial charge on any atom is 0.219 e. The van der Waals surface area contributed by atoms with E-state index in [0.29, 0.717) is 17.8 Å². The first-order valence-corrected chi connectivity index (χ1v) is 5.71. The molecule has 1 aromatic heterocycles. The molecule has 0 aromatic carbocycles. The van der Waals surface area contributed by atoms with Gasteiger partial charge in [-0.25, -0.2) is 10.8 Å². The zero-order valence-corrected chi connectivity index (χ0v) is 9.73. The van der Waals surface area contributed by atoms with E-state index < -0.39 is 0 Å². The molecule has 0 amide bonds. The van der Waals surface area contributed by atoms with Gasteiger partial charge in [0.15, 0.2) is 0 Å². The van der Waals surface area contributed by atoms with Gasteiger partial charge in [-0.2, -0.15) is 4.98 Å². The summed E-state index contributed by atoms with van der Waals surface area (Å²) in [7, 11) is 0. The van der Waals surface area contributed by atoms with Crippen molar-refractivity contribution >= 4 is 5.82 Å². The number of rotatable bonds is 4. The predicted octanol–water partition coefficient (Wildman–Crippen LogP) is 1.82. The van der Waals surface area contributed by atoms with Gasteiger partial charge in [-0.3, -0.25) is 0 Å². The number of hydrazine groups is 1. The third kappa shape index (κ3) is 2.41. The Morgan fingerprint density at radius 1 is 1.44 bits per heavy atom. The number of hydrogen-bond acceptors (Lipinski definition) is 5. The predicted molar refractivity (Wildman–Crippen MR) is 62.2 cm³/mol. The molecule has 5 heteroatoms. The summed E-state index contributed by atoms with van der Waals surface area (Å²) in [5, 5.41) is 0. The first-order chi connectivity index (χ1) is 7.69. The molecule has 1 saturated carbocycles. The minimum Gasteiger partial charge on any atom is -0.474 e. The summed E-state index contributed by atoms with van der Waals surface area (Å²) in [5.41, 5.74) is 2.54. The lowest BCUT2D eigenvalue weighted by Crippen LogP contribution is -2.25. The van der Waals surface area contributed by atoms with Crippen LogP contribution in [0.2, 0.25) is 0 Å². The fourth-order valence-electron chi connectivity index (χ4n) is 1.49. The number of ether oxygens (including phenoxy) is 1. The van der Waals surface area contributed by atoms with Gasteiger partial charge in [0, 0.05) is 12.0 Å². The van der Waals surface area contributed by atoms with Gasteiger partial charge >= 0.3 is 0 Å². The van der Waals surface area contributed by atoms with Crippen LogP contribution < -0.4 is 16.0 Å². The zero-order valence-electron chi connectivity index (χ0n) is 9.73. The molecular formula is C11H18N4O. The van der Waals surface area contributed by atoms with Gasteiger partial charge in [0.05, 0.1) is 0 Å². The molecule has 0 saturated heterocycles. The van der Waals surface area contributed by atoms with E-state index in [1.165, 1.54) is 6.42 Å². The van der Waals surface area contributed by atoms with Crippen molar-refractivity contribution in [1.82, 2.24) is 9.97 Å². The van der Waals surface area contributed by atoms with E-state index in [1.54, 1.807) is 6.07 Å². The number of nitrogens with zero attached hydrogens (tertiary/aromatic N) is 2. The molecule has 16 heavy (non-hydrogen) atoms. The highest BCUT2D eigenvalue weighted by atomic mass is 16.5. The first kappa shape index (κ1) is 11.1. The number of aromatic nitrogens is 2. The number of nitrogen functional groups attached to an aromatic ring is 1. The van der Waals surface area contributed by atoms with Crippen LogP contribution in [0.25, 0.3) is 0 Å². The molecule has 1 aromatic rings. The Labute approximate surface area is 95.4 Å². The highest BCUT2D eigenvalue weighted by molar-refractivity contribution is 5.37. The standard InChI is InChI=1S/C11H18N4O/c1-7(2)11-13-9(15-12)6-10(14-11)16-8-4-3-5-8/h6-8H,3-5,12H2,1-2H3,(H,13,14,15). The highest BCUT2D eigenvalue weighted by Gasteiger charge is 2.20. The van der Waals surface area contributed by atoms with E-state index in [9.17, 15) is 0 Å². The van der Waals surface area contributed by atoms with Gasteiger partial charge in [-0.1, -0.05) is 13.8 Å². The van der Waals surface area contributed by atoms with Crippen molar-refractivity contribution < 1.29 is 4.74 Å². The molecule has 0 radical (unpaired) electrons. The number of nitrogens with one attached hydrogen (secondary N) is 1. The van der Waals surface area contributed by atoms with Gasteiger partial charge < -0.3 is 10.2 Å². The van der Waals surface area contributed by atoms with E-state index in [-0.39, 0.29) is 5.92 Å². The lowest BCUT2D eigenvalue weighted by Gasteiger charge is -2.26. The molecule has 0 bridgehead atoms. The summed E-state index contributed by atoms with van der Waals surface area (Å²) in [5.74, 6) is 7.61. The minimum atomic E-state index is 0.261. The second-order valence-corrected chi connectivity index (χ2v) is 4.42. The fraction of sp³-hybridized carbons (Fsp3) is 0.636. The lowest BCUT2D eigenvalue weighted by atomic mass is 9.96. The Hall–Kier alpha value is -1.36. The third-order valence-electron chi connectivity index (χ3n) is 2.72. The molecule has 5 nitrogen and oxygen atoms in total. The van der Waals surface area contributed by atoms with Crippen LogP contribution in [0.3, 0.4) is 0 Å². The third-order valence-corrected chi connectivity index (χ3v) is 2.72. The van der Waals surface area contributed by atoms with Gasteiger partial charge in [0.1, 0.15) is 17.7 Å². The Bertz CT molecular complexity index is 363. The maximum absolute atomic E-state index is 5.74. The Balaban J connectivity index is 2.18. The summed E-state index contributed by atoms with van der Waals surface area (Å²) in [6.07, 6.45) is 3.80. The number of hydrogen-bond donors (Lipinski definition) is 2. The average molecular weight is 222 g/mol. The minimum absolute atomic E-state index is 0.261. The van der Waals surface area contributed by atoms with Crippen molar-refractivity contribution in [2.45, 2.75) is 45.1 Å². The molecule has 0 atom stereocenters. The molecule has 1 aliphatic carbocycles. The molecule has 1 heterocycles. The van der Waals surface area contributed by atoms with Gasteiger partial charge in [0.25, 0.3) is 0 Å². The summed E-state index contributed by atoms with van der Waals surface area (Å²) >= 11 is 0. The van der Waals surface area contributed by atoms with Crippen molar-refractivity contribution in [2.75, 3.05) is 5.43 Å². The van der Waals surface area contributed by atoms with Crippen molar-refractivity contribution in [1.29, 1.82) is 0 Å². The SMILES string of the molecule is CC(C)c1nc(NN)cc(OC2CCC2)n1. The molecular weight excluding hydrogens is 204 g/mol. The van der Waals surface area contributed by atoms with E-state index in [2.05, 4.69) is 15.4 Å². The van der Waals surface area contributed by atoms with Crippen LogP contribution in [0.1, 0.15) is 44.9 Å². The van der Waals surface area contributed by atoms with Crippen LogP contribution >= 0.6 is 0 Å². The van der Waals surface area contributed by atoms with E-state index >= 15 is 0 Å².